The lowest BCUT2D eigenvalue weighted by Crippen LogP contribution is -2.12. The highest BCUT2D eigenvalue weighted by Crippen LogP contribution is 2.59. The van der Waals surface area contributed by atoms with Gasteiger partial charge >= 0.3 is 0 Å². The SMILES string of the molecule is Cc1c(C)c(C)p(CCP(C2CCCC2)C2CCCC2)c1C. The molecule has 1 aromatic heterocycles. The van der Waals surface area contributed by atoms with E-state index in [-0.39, 0.29) is 7.53 Å². The largest absolute Gasteiger partial charge is 0.118 e. The zero-order valence-corrected chi connectivity index (χ0v) is 16.9. The summed E-state index contributed by atoms with van der Waals surface area (Å²) in [6.45, 7) is 9.56. The van der Waals surface area contributed by atoms with Crippen LogP contribution in [-0.2, 0) is 6.16 Å². The summed E-state index contributed by atoms with van der Waals surface area (Å²) in [5.74, 6) is 0. The van der Waals surface area contributed by atoms with Gasteiger partial charge in [0.2, 0.25) is 0 Å². The topological polar surface area (TPSA) is 0 Å². The quantitative estimate of drug-likeness (QED) is 0.496. The normalized spacial score (nSPS) is 20.6. The van der Waals surface area contributed by atoms with Crippen molar-refractivity contribution in [2.75, 3.05) is 6.16 Å². The smallest absolute Gasteiger partial charge is 0.00963 e. The summed E-state index contributed by atoms with van der Waals surface area (Å²) in [5.41, 5.74) is 5.53. The highest BCUT2D eigenvalue weighted by atomic mass is 31.1. The molecule has 2 aliphatic carbocycles. The van der Waals surface area contributed by atoms with E-state index in [9.17, 15) is 0 Å². The third-order valence-electron chi connectivity index (χ3n) is 6.63. The Morgan fingerprint density at radius 1 is 0.773 bits per heavy atom. The fourth-order valence-electron chi connectivity index (χ4n) is 4.89. The third kappa shape index (κ3) is 3.35. The first kappa shape index (κ1) is 17.0. The Kier molecular flexibility index (Phi) is 5.74. The lowest BCUT2D eigenvalue weighted by Gasteiger charge is -2.30. The molecule has 0 aromatic carbocycles. The van der Waals surface area contributed by atoms with Crippen molar-refractivity contribution >= 4 is 15.5 Å². The Morgan fingerprint density at radius 3 is 1.59 bits per heavy atom. The molecule has 0 radical (unpaired) electrons. The van der Waals surface area contributed by atoms with Crippen LogP contribution in [0.5, 0.6) is 0 Å². The Balaban J connectivity index is 1.72. The van der Waals surface area contributed by atoms with Crippen molar-refractivity contribution in [2.45, 2.75) is 96.5 Å². The molecule has 0 saturated heterocycles. The zero-order chi connectivity index (χ0) is 15.7. The van der Waals surface area contributed by atoms with E-state index in [0.717, 1.165) is 11.3 Å². The first-order valence-corrected chi connectivity index (χ1v) is 12.7. The maximum absolute atomic E-state index is 2.43. The van der Waals surface area contributed by atoms with E-state index in [1.54, 1.807) is 53.6 Å². The summed E-state index contributed by atoms with van der Waals surface area (Å²) in [6.07, 6.45) is 15.5. The van der Waals surface area contributed by atoms with E-state index in [0.29, 0.717) is 7.92 Å². The molecule has 2 fully saturated rings. The average Bonchev–Trinajstić information content (AvgIpc) is 3.24. The Bertz CT molecular complexity index is 461. The first-order valence-electron chi connectivity index (χ1n) is 9.48. The molecule has 0 amide bonds. The van der Waals surface area contributed by atoms with Gasteiger partial charge in [0, 0.05) is 0 Å². The van der Waals surface area contributed by atoms with Crippen LogP contribution in [-0.4, -0.2) is 17.5 Å². The summed E-state index contributed by atoms with van der Waals surface area (Å²) < 4.78 is 0. The lowest BCUT2D eigenvalue weighted by molar-refractivity contribution is 0.824. The van der Waals surface area contributed by atoms with Gasteiger partial charge in [-0.05, 0) is 98.7 Å². The van der Waals surface area contributed by atoms with Gasteiger partial charge in [0.25, 0.3) is 0 Å². The zero-order valence-electron chi connectivity index (χ0n) is 15.1. The molecule has 0 unspecified atom stereocenters. The van der Waals surface area contributed by atoms with Gasteiger partial charge in [-0.1, -0.05) is 33.6 Å². The standard InChI is InChI=1S/C20H34P2/c1-15-16(2)18(4)21(17(15)3)13-14-22(19-9-5-6-10-19)20-11-7-8-12-20/h19-20H,5-14H2,1-4H3. The highest BCUT2D eigenvalue weighted by Gasteiger charge is 2.32. The van der Waals surface area contributed by atoms with Gasteiger partial charge < -0.3 is 0 Å². The number of hydrogen-bond acceptors (Lipinski definition) is 0. The monoisotopic (exact) mass is 336 g/mol. The summed E-state index contributed by atoms with van der Waals surface area (Å²) in [4.78, 5) is 0. The van der Waals surface area contributed by atoms with Crippen LogP contribution in [0.2, 0.25) is 0 Å². The molecule has 22 heavy (non-hydrogen) atoms. The molecule has 2 aliphatic rings. The van der Waals surface area contributed by atoms with Gasteiger partial charge in [0.15, 0.2) is 0 Å². The fraction of sp³-hybridized carbons (Fsp3) is 0.800. The molecule has 2 saturated carbocycles. The molecule has 1 heterocycles. The lowest BCUT2D eigenvalue weighted by atomic mass is 10.2. The molecular weight excluding hydrogens is 302 g/mol. The van der Waals surface area contributed by atoms with Gasteiger partial charge in [-0.3, -0.25) is 0 Å². The number of hydrogen-bond donors (Lipinski definition) is 0. The van der Waals surface area contributed by atoms with Crippen LogP contribution in [0, 0.1) is 27.7 Å². The second kappa shape index (κ2) is 7.40. The van der Waals surface area contributed by atoms with Gasteiger partial charge in [0.05, 0.1) is 0 Å². The summed E-state index contributed by atoms with van der Waals surface area (Å²) in [7, 11) is 0.393. The van der Waals surface area contributed by atoms with Crippen LogP contribution in [0.15, 0.2) is 0 Å². The maximum Gasteiger partial charge on any atom is -0.00963 e. The van der Waals surface area contributed by atoms with Gasteiger partial charge in [-0.25, -0.2) is 0 Å². The molecule has 0 spiro atoms. The number of rotatable bonds is 5. The predicted octanol–water partition coefficient (Wildman–Crippen LogP) is 7.27. The predicted molar refractivity (Wildman–Crippen MR) is 104 cm³/mol. The molecule has 124 valence electrons. The second-order valence-corrected chi connectivity index (χ2v) is 13.3. The van der Waals surface area contributed by atoms with E-state index in [2.05, 4.69) is 27.7 Å². The molecule has 0 bridgehead atoms. The van der Waals surface area contributed by atoms with Crippen LogP contribution in [0.4, 0.5) is 0 Å². The minimum atomic E-state index is 0.0679. The fourth-order valence-corrected chi connectivity index (χ4v) is 12.3. The highest BCUT2D eigenvalue weighted by molar-refractivity contribution is 7.60. The van der Waals surface area contributed by atoms with Crippen LogP contribution in [0.1, 0.15) is 73.1 Å². The van der Waals surface area contributed by atoms with Gasteiger partial charge in [-0.2, -0.15) is 0 Å². The summed E-state index contributed by atoms with van der Waals surface area (Å²) in [6, 6.07) is 0. The third-order valence-corrected chi connectivity index (χ3v) is 13.6. The van der Waals surface area contributed by atoms with Crippen molar-refractivity contribution in [1.29, 1.82) is 0 Å². The van der Waals surface area contributed by atoms with Crippen molar-refractivity contribution in [3.05, 3.63) is 21.7 Å². The van der Waals surface area contributed by atoms with Gasteiger partial charge in [0.1, 0.15) is 0 Å². The van der Waals surface area contributed by atoms with E-state index >= 15 is 0 Å². The Hall–Kier alpha value is 0.210. The minimum absolute atomic E-state index is 0.0679. The molecule has 3 rings (SSSR count). The molecule has 2 heteroatoms. The molecule has 1 aromatic rings. The van der Waals surface area contributed by atoms with Crippen molar-refractivity contribution in [3.8, 4) is 0 Å². The van der Waals surface area contributed by atoms with Crippen LogP contribution < -0.4 is 0 Å². The molecule has 0 aliphatic heterocycles. The van der Waals surface area contributed by atoms with E-state index in [4.69, 9.17) is 0 Å². The van der Waals surface area contributed by atoms with E-state index < -0.39 is 0 Å². The molecule has 0 N–H and O–H groups in total. The van der Waals surface area contributed by atoms with Crippen molar-refractivity contribution < 1.29 is 0 Å². The summed E-state index contributed by atoms with van der Waals surface area (Å²) >= 11 is 0. The Labute approximate surface area is 140 Å². The van der Waals surface area contributed by atoms with E-state index in [1.807, 2.05) is 0 Å². The van der Waals surface area contributed by atoms with Crippen molar-refractivity contribution in [3.63, 3.8) is 0 Å². The van der Waals surface area contributed by atoms with Crippen LogP contribution in [0.3, 0.4) is 0 Å². The molecule has 0 atom stereocenters. The van der Waals surface area contributed by atoms with Crippen molar-refractivity contribution in [2.24, 2.45) is 0 Å². The van der Waals surface area contributed by atoms with E-state index in [1.165, 1.54) is 31.8 Å². The second-order valence-electron chi connectivity index (χ2n) is 7.69. The maximum atomic E-state index is 2.43. The van der Waals surface area contributed by atoms with Gasteiger partial charge in [-0.15, -0.1) is 7.53 Å². The minimum Gasteiger partial charge on any atom is -0.118 e. The molecular formula is C20H34P2. The van der Waals surface area contributed by atoms with Crippen LogP contribution in [0.25, 0.3) is 0 Å². The Morgan fingerprint density at radius 2 is 1.18 bits per heavy atom. The molecule has 0 nitrogen and oxygen atoms in total. The average molecular weight is 336 g/mol. The first-order chi connectivity index (χ1) is 10.6. The van der Waals surface area contributed by atoms with Crippen LogP contribution >= 0.6 is 15.5 Å². The summed E-state index contributed by atoms with van der Waals surface area (Å²) in [5, 5.41) is 3.50. The van der Waals surface area contributed by atoms with Crippen molar-refractivity contribution in [1.82, 2.24) is 0 Å².